The second-order valence-electron chi connectivity index (χ2n) is 8.54. The lowest BCUT2D eigenvalue weighted by Gasteiger charge is -2.37. The molecule has 2 aromatic carbocycles. The van der Waals surface area contributed by atoms with Crippen LogP contribution < -0.4 is 9.47 Å². The summed E-state index contributed by atoms with van der Waals surface area (Å²) in [6.45, 7) is 4.41. The predicted octanol–water partition coefficient (Wildman–Crippen LogP) is 4.85. The Balaban J connectivity index is 1.55. The lowest BCUT2D eigenvalue weighted by molar-refractivity contribution is 0.0695. The van der Waals surface area contributed by atoms with Gasteiger partial charge in [-0.25, -0.2) is 4.79 Å². The topological polar surface area (TPSA) is 74.8 Å². The van der Waals surface area contributed by atoms with Gasteiger partial charge in [0.15, 0.2) is 0 Å². The van der Waals surface area contributed by atoms with Gasteiger partial charge >= 0.3 is 5.97 Å². The molecule has 6 nitrogen and oxygen atoms in total. The smallest absolute Gasteiger partial charge is 0.336 e. The number of carboxylic acid groups (broad SMARTS) is 1. The van der Waals surface area contributed by atoms with E-state index in [0.29, 0.717) is 18.6 Å². The Labute approximate surface area is 181 Å². The van der Waals surface area contributed by atoms with E-state index in [1.54, 1.807) is 13.2 Å². The molecule has 3 aromatic rings. The van der Waals surface area contributed by atoms with Crippen molar-refractivity contribution in [2.24, 2.45) is 0 Å². The Bertz CT molecular complexity index is 1150. The van der Waals surface area contributed by atoms with Crippen LogP contribution in [0.25, 0.3) is 10.9 Å². The number of hydrogen-bond acceptors (Lipinski definition) is 4. The molecule has 31 heavy (non-hydrogen) atoms. The van der Waals surface area contributed by atoms with E-state index in [4.69, 9.17) is 9.47 Å². The molecule has 0 saturated carbocycles. The van der Waals surface area contributed by atoms with Crippen LogP contribution in [-0.2, 0) is 13.0 Å². The first-order chi connectivity index (χ1) is 15.1. The minimum Gasteiger partial charge on any atom is -0.496 e. The highest BCUT2D eigenvalue weighted by Gasteiger charge is 2.32. The van der Waals surface area contributed by atoms with E-state index in [0.717, 1.165) is 60.5 Å². The maximum atomic E-state index is 11.7. The third-order valence-electron chi connectivity index (χ3n) is 6.79. The number of H-pyrrole nitrogens is 1. The van der Waals surface area contributed by atoms with Crippen molar-refractivity contribution in [2.75, 3.05) is 20.3 Å². The normalized spacial score (nSPS) is 18.7. The minimum atomic E-state index is -0.881. The molecular formula is C25H28N2O4. The maximum absolute atomic E-state index is 11.7. The second kappa shape index (κ2) is 7.93. The average Bonchev–Trinajstić information content (AvgIpc) is 3.45. The molecule has 6 heteroatoms. The molecule has 1 atom stereocenters. The number of rotatable bonds is 5. The van der Waals surface area contributed by atoms with Crippen molar-refractivity contribution in [3.63, 3.8) is 0 Å². The van der Waals surface area contributed by atoms with Crippen molar-refractivity contribution >= 4 is 16.9 Å². The van der Waals surface area contributed by atoms with Gasteiger partial charge in [-0.2, -0.15) is 0 Å². The van der Waals surface area contributed by atoms with Gasteiger partial charge in [0.1, 0.15) is 11.5 Å². The van der Waals surface area contributed by atoms with Gasteiger partial charge in [0.05, 0.1) is 19.3 Å². The molecule has 1 unspecified atom stereocenters. The van der Waals surface area contributed by atoms with Crippen LogP contribution >= 0.6 is 0 Å². The number of nitrogens with one attached hydrogen (secondary N) is 1. The number of likely N-dealkylation sites (tertiary alicyclic amines) is 1. The van der Waals surface area contributed by atoms with E-state index in [9.17, 15) is 9.90 Å². The van der Waals surface area contributed by atoms with E-state index in [-0.39, 0.29) is 6.04 Å². The molecule has 162 valence electrons. The molecule has 0 aliphatic carbocycles. The van der Waals surface area contributed by atoms with Gasteiger partial charge in [-0.15, -0.1) is 0 Å². The Kier molecular flexibility index (Phi) is 5.10. The van der Waals surface area contributed by atoms with Gasteiger partial charge in [-0.3, -0.25) is 4.90 Å². The Morgan fingerprint density at radius 2 is 2.19 bits per heavy atom. The molecule has 2 aliphatic heterocycles. The van der Waals surface area contributed by atoms with Gasteiger partial charge in [0.25, 0.3) is 0 Å². The van der Waals surface area contributed by atoms with Gasteiger partial charge in [0.2, 0.25) is 0 Å². The van der Waals surface area contributed by atoms with E-state index in [1.165, 1.54) is 16.5 Å². The van der Waals surface area contributed by atoms with Crippen LogP contribution in [0.1, 0.15) is 57.9 Å². The second-order valence-corrected chi connectivity index (χ2v) is 8.54. The van der Waals surface area contributed by atoms with Crippen molar-refractivity contribution in [1.82, 2.24) is 9.88 Å². The lowest BCUT2D eigenvalue weighted by atomic mass is 9.90. The SMILES string of the molecule is COc1cc(C)c2[nH]ccc2c1CN1CCCCC1c1ccc(C(=O)O)c2c1OCC2. The summed E-state index contributed by atoms with van der Waals surface area (Å²) in [4.78, 5) is 17.5. The average molecular weight is 421 g/mol. The van der Waals surface area contributed by atoms with E-state index < -0.39 is 5.97 Å². The van der Waals surface area contributed by atoms with Crippen LogP contribution in [0.2, 0.25) is 0 Å². The molecule has 2 N–H and O–H groups in total. The largest absolute Gasteiger partial charge is 0.496 e. The lowest BCUT2D eigenvalue weighted by Crippen LogP contribution is -2.33. The molecule has 3 heterocycles. The number of aryl methyl sites for hydroxylation is 1. The number of piperidine rings is 1. The first kappa shape index (κ1) is 19.9. The molecule has 1 aromatic heterocycles. The standard InChI is InChI=1S/C25H28N2O4/c1-15-13-22(30-2)20(16-8-10-26-23(15)16)14-27-11-4-3-5-21(27)19-7-6-18(25(28)29)17-9-12-31-24(17)19/h6-8,10,13,21,26H,3-5,9,11-12,14H2,1-2H3,(H,28,29). The zero-order chi connectivity index (χ0) is 21.5. The number of ether oxygens (including phenoxy) is 2. The van der Waals surface area contributed by atoms with Crippen LogP contribution in [-0.4, -0.2) is 41.2 Å². The molecule has 5 rings (SSSR count). The van der Waals surface area contributed by atoms with Crippen molar-refractivity contribution in [3.8, 4) is 11.5 Å². The molecule has 1 fully saturated rings. The van der Waals surface area contributed by atoms with Gasteiger partial charge < -0.3 is 19.6 Å². The van der Waals surface area contributed by atoms with Crippen molar-refractivity contribution in [3.05, 3.63) is 58.3 Å². The highest BCUT2D eigenvalue weighted by molar-refractivity contribution is 5.91. The number of carboxylic acids is 1. The van der Waals surface area contributed by atoms with Crippen LogP contribution in [0, 0.1) is 6.92 Å². The predicted molar refractivity (Wildman–Crippen MR) is 119 cm³/mol. The van der Waals surface area contributed by atoms with Crippen molar-refractivity contribution < 1.29 is 19.4 Å². The summed E-state index contributed by atoms with van der Waals surface area (Å²) in [5.41, 5.74) is 5.85. The third kappa shape index (κ3) is 3.35. The molecule has 2 aliphatic rings. The fraction of sp³-hybridized carbons (Fsp3) is 0.400. The summed E-state index contributed by atoms with van der Waals surface area (Å²) in [5, 5.41) is 10.8. The number of fused-ring (bicyclic) bond motifs is 2. The number of carbonyl (C=O) groups is 1. The summed E-state index contributed by atoms with van der Waals surface area (Å²) in [7, 11) is 1.73. The first-order valence-corrected chi connectivity index (χ1v) is 11.0. The molecule has 0 amide bonds. The van der Waals surface area contributed by atoms with Crippen LogP contribution in [0.5, 0.6) is 11.5 Å². The van der Waals surface area contributed by atoms with E-state index in [2.05, 4.69) is 28.9 Å². The number of benzene rings is 2. The zero-order valence-electron chi connectivity index (χ0n) is 18.0. The summed E-state index contributed by atoms with van der Waals surface area (Å²) < 4.78 is 11.7. The van der Waals surface area contributed by atoms with Crippen molar-refractivity contribution in [2.45, 2.75) is 45.2 Å². The van der Waals surface area contributed by atoms with Crippen molar-refractivity contribution in [1.29, 1.82) is 0 Å². The number of aromatic carboxylic acids is 1. The fourth-order valence-electron chi connectivity index (χ4n) is 5.30. The summed E-state index contributed by atoms with van der Waals surface area (Å²) in [6.07, 6.45) is 5.98. The molecular weight excluding hydrogens is 392 g/mol. The Morgan fingerprint density at radius 3 is 3.00 bits per heavy atom. The summed E-state index contributed by atoms with van der Waals surface area (Å²) in [6, 6.07) is 8.16. The highest BCUT2D eigenvalue weighted by Crippen LogP contribution is 2.43. The van der Waals surface area contributed by atoms with E-state index >= 15 is 0 Å². The van der Waals surface area contributed by atoms with Crippen LogP contribution in [0.15, 0.2) is 30.5 Å². The van der Waals surface area contributed by atoms with Gasteiger partial charge in [-0.1, -0.05) is 12.5 Å². The molecule has 0 bridgehead atoms. The van der Waals surface area contributed by atoms with Gasteiger partial charge in [0, 0.05) is 52.8 Å². The number of aromatic nitrogens is 1. The first-order valence-electron chi connectivity index (χ1n) is 11.0. The maximum Gasteiger partial charge on any atom is 0.336 e. The Morgan fingerprint density at radius 1 is 1.32 bits per heavy atom. The number of nitrogens with zero attached hydrogens (tertiary/aromatic N) is 1. The monoisotopic (exact) mass is 420 g/mol. The summed E-state index contributed by atoms with van der Waals surface area (Å²) in [5.74, 6) is 0.823. The van der Waals surface area contributed by atoms with Gasteiger partial charge in [-0.05, 0) is 50.1 Å². The highest BCUT2D eigenvalue weighted by atomic mass is 16.5. The number of hydrogen-bond donors (Lipinski definition) is 2. The minimum absolute atomic E-state index is 0.198. The number of methoxy groups -OCH3 is 1. The summed E-state index contributed by atoms with van der Waals surface area (Å²) >= 11 is 0. The molecule has 1 saturated heterocycles. The third-order valence-corrected chi connectivity index (χ3v) is 6.79. The molecule has 0 spiro atoms. The van der Waals surface area contributed by atoms with E-state index in [1.807, 2.05) is 12.3 Å². The van der Waals surface area contributed by atoms with Crippen LogP contribution in [0.3, 0.4) is 0 Å². The Hall–Kier alpha value is -2.99. The number of aromatic amines is 1. The van der Waals surface area contributed by atoms with Crippen LogP contribution in [0.4, 0.5) is 0 Å². The zero-order valence-corrected chi connectivity index (χ0v) is 18.0. The quantitative estimate of drug-likeness (QED) is 0.617. The molecule has 0 radical (unpaired) electrons. The fourth-order valence-corrected chi connectivity index (χ4v) is 5.30.